The number of hydrogen-bond acceptors (Lipinski definition) is 3. The Morgan fingerprint density at radius 2 is 1.65 bits per heavy atom. The topological polar surface area (TPSA) is 66.8 Å². The predicted molar refractivity (Wildman–Crippen MR) is 122 cm³/mol. The average molecular weight is 443 g/mol. The van der Waals surface area contributed by atoms with E-state index in [2.05, 4.69) is 22.6 Å². The van der Waals surface area contributed by atoms with E-state index in [4.69, 9.17) is 0 Å². The number of likely N-dealkylation sites (tertiary alicyclic amines) is 1. The first-order chi connectivity index (χ1) is 14.9. The summed E-state index contributed by atoms with van der Waals surface area (Å²) in [6.45, 7) is 1.23. The van der Waals surface area contributed by atoms with Gasteiger partial charge in [-0.05, 0) is 80.8 Å². The quantitative estimate of drug-likeness (QED) is 0.688. The number of nitrogens with zero attached hydrogens (tertiary/aromatic N) is 2. The van der Waals surface area contributed by atoms with Crippen molar-refractivity contribution in [3.05, 3.63) is 35.4 Å². The summed E-state index contributed by atoms with van der Waals surface area (Å²) in [6, 6.07) is 8.32. The van der Waals surface area contributed by atoms with Gasteiger partial charge in [0, 0.05) is 30.5 Å². The molecular weight excluding hydrogens is 408 g/mol. The number of carbonyl (C=O) groups excluding carboxylic acids is 2. The van der Waals surface area contributed by atoms with Gasteiger partial charge >= 0.3 is 0 Å². The van der Waals surface area contributed by atoms with E-state index in [1.807, 2.05) is 11.0 Å². The van der Waals surface area contributed by atoms with Crippen molar-refractivity contribution in [3.8, 4) is 0 Å². The second kappa shape index (κ2) is 8.34. The second-order valence-electron chi connectivity index (χ2n) is 10.2. The van der Waals surface area contributed by atoms with E-state index in [1.165, 1.54) is 11.1 Å². The zero-order valence-corrected chi connectivity index (χ0v) is 19.3. The van der Waals surface area contributed by atoms with Gasteiger partial charge in [0.05, 0.1) is 15.6 Å². The fourth-order valence-electron chi connectivity index (χ4n) is 5.76. The highest BCUT2D eigenvalue weighted by Gasteiger charge is 2.46. The molecule has 1 aromatic rings. The zero-order chi connectivity index (χ0) is 21.6. The lowest BCUT2D eigenvalue weighted by Crippen LogP contribution is -2.44. The van der Waals surface area contributed by atoms with Gasteiger partial charge in [-0.3, -0.25) is 9.59 Å². The first-order valence-corrected chi connectivity index (χ1v) is 14.0. The molecule has 2 amide bonds. The third-order valence-electron chi connectivity index (χ3n) is 7.86. The molecule has 2 saturated carbocycles. The summed E-state index contributed by atoms with van der Waals surface area (Å²) in [7, 11) is -2.57. The molecule has 31 heavy (non-hydrogen) atoms. The molecule has 168 valence electrons. The Balaban J connectivity index is 1.23. The molecule has 1 heterocycles. The highest BCUT2D eigenvalue weighted by molar-refractivity contribution is 7.93. The van der Waals surface area contributed by atoms with Crippen LogP contribution in [0.4, 0.5) is 0 Å². The summed E-state index contributed by atoms with van der Waals surface area (Å²) in [5.74, 6) is 1.05. The maximum absolute atomic E-state index is 13.4. The van der Waals surface area contributed by atoms with Crippen LogP contribution < -0.4 is 0 Å². The van der Waals surface area contributed by atoms with Gasteiger partial charge in [-0.25, -0.2) is 4.21 Å². The lowest BCUT2D eigenvalue weighted by atomic mass is 9.82. The summed E-state index contributed by atoms with van der Waals surface area (Å²) in [4.78, 5) is 28.1. The van der Waals surface area contributed by atoms with Crippen molar-refractivity contribution >= 4 is 21.5 Å². The molecule has 3 aliphatic carbocycles. The average Bonchev–Trinajstić information content (AvgIpc) is 3.69. The van der Waals surface area contributed by atoms with E-state index in [9.17, 15) is 13.8 Å². The minimum absolute atomic E-state index is 0.0220. The van der Waals surface area contributed by atoms with E-state index in [-0.39, 0.29) is 28.9 Å². The van der Waals surface area contributed by atoms with Crippen LogP contribution in [0.1, 0.15) is 68.4 Å². The van der Waals surface area contributed by atoms with E-state index in [1.54, 1.807) is 6.26 Å². The minimum atomic E-state index is -2.57. The summed E-state index contributed by atoms with van der Waals surface area (Å²) < 4.78 is 17.7. The van der Waals surface area contributed by atoms with Gasteiger partial charge in [0.25, 0.3) is 5.91 Å². The van der Waals surface area contributed by atoms with Crippen molar-refractivity contribution in [1.82, 2.24) is 4.90 Å². The maximum Gasteiger partial charge on any atom is 0.257 e. The summed E-state index contributed by atoms with van der Waals surface area (Å²) in [5, 5.41) is -0.0989. The Morgan fingerprint density at radius 3 is 2.29 bits per heavy atom. The molecule has 6 heteroatoms. The van der Waals surface area contributed by atoms with Crippen LogP contribution in [0.5, 0.6) is 0 Å². The van der Waals surface area contributed by atoms with Crippen molar-refractivity contribution in [2.75, 3.05) is 19.3 Å². The molecular formula is C25H34N2O3S. The van der Waals surface area contributed by atoms with Crippen LogP contribution in [-0.2, 0) is 25.7 Å². The SMILES string of the molecule is CS(=O)(=NC(=O)C(C1CC1)C1CC1)C1CCN(C(=O)C2CCCc3ccccc32)CC1. The maximum atomic E-state index is 13.4. The van der Waals surface area contributed by atoms with E-state index < -0.39 is 9.73 Å². The Labute approximate surface area is 186 Å². The van der Waals surface area contributed by atoms with Gasteiger partial charge in [-0.2, -0.15) is 4.36 Å². The molecule has 5 rings (SSSR count). The van der Waals surface area contributed by atoms with Crippen LogP contribution in [0.25, 0.3) is 0 Å². The fraction of sp³-hybridized carbons (Fsp3) is 0.680. The number of piperidine rings is 1. The van der Waals surface area contributed by atoms with Gasteiger partial charge in [0.1, 0.15) is 0 Å². The van der Waals surface area contributed by atoms with Gasteiger partial charge in [0.15, 0.2) is 0 Å². The van der Waals surface area contributed by atoms with Crippen LogP contribution in [-0.4, -0.2) is 45.5 Å². The predicted octanol–water partition coefficient (Wildman–Crippen LogP) is 4.16. The van der Waals surface area contributed by atoms with Crippen molar-refractivity contribution < 1.29 is 13.8 Å². The second-order valence-corrected chi connectivity index (χ2v) is 12.7. The van der Waals surface area contributed by atoms with Gasteiger partial charge in [-0.15, -0.1) is 0 Å². The highest BCUT2D eigenvalue weighted by Crippen LogP contribution is 2.50. The number of hydrogen-bond donors (Lipinski definition) is 0. The van der Waals surface area contributed by atoms with Gasteiger partial charge in [-0.1, -0.05) is 24.3 Å². The first kappa shape index (κ1) is 21.2. The van der Waals surface area contributed by atoms with Crippen LogP contribution >= 0.6 is 0 Å². The molecule has 0 bridgehead atoms. The third-order valence-corrected chi connectivity index (χ3v) is 10.1. The molecule has 1 aromatic carbocycles. The number of carbonyl (C=O) groups is 2. The number of fused-ring (bicyclic) bond motifs is 1. The molecule has 0 radical (unpaired) electrons. The number of rotatable bonds is 5. The molecule has 2 unspecified atom stereocenters. The number of aryl methyl sites for hydroxylation is 1. The molecule has 5 nitrogen and oxygen atoms in total. The normalized spacial score (nSPS) is 26.3. The van der Waals surface area contributed by atoms with Crippen molar-refractivity contribution in [2.45, 2.75) is 69.0 Å². The highest BCUT2D eigenvalue weighted by atomic mass is 32.2. The first-order valence-electron chi connectivity index (χ1n) is 12.1. The smallest absolute Gasteiger partial charge is 0.257 e. The Hall–Kier alpha value is -1.69. The fourth-order valence-corrected chi connectivity index (χ4v) is 7.47. The third kappa shape index (κ3) is 4.46. The molecule has 3 fully saturated rings. The standard InChI is InChI=1S/C25H34N2O3S/c1-31(30,26-24(28)23(18-9-10-18)19-11-12-19)20-13-15-27(16-14-20)25(29)22-8-4-6-17-5-2-3-7-21(17)22/h2-3,5,7,18-20,22-23H,4,6,8-16H2,1H3. The lowest BCUT2D eigenvalue weighted by molar-refractivity contribution is -0.134. The number of benzene rings is 1. The summed E-state index contributed by atoms with van der Waals surface area (Å²) in [5.41, 5.74) is 2.49. The molecule has 1 saturated heterocycles. The van der Waals surface area contributed by atoms with E-state index >= 15 is 0 Å². The van der Waals surface area contributed by atoms with Gasteiger partial charge < -0.3 is 4.90 Å². The molecule has 4 aliphatic rings. The Kier molecular flexibility index (Phi) is 5.70. The van der Waals surface area contributed by atoms with Crippen molar-refractivity contribution in [3.63, 3.8) is 0 Å². The van der Waals surface area contributed by atoms with Crippen LogP contribution in [0, 0.1) is 17.8 Å². The van der Waals surface area contributed by atoms with Crippen molar-refractivity contribution in [2.24, 2.45) is 22.1 Å². The Bertz CT molecular complexity index is 968. The van der Waals surface area contributed by atoms with Crippen LogP contribution in [0.3, 0.4) is 0 Å². The largest absolute Gasteiger partial charge is 0.342 e. The number of amides is 2. The summed E-state index contributed by atoms with van der Waals surface area (Å²) in [6.07, 6.45) is 10.5. The Morgan fingerprint density at radius 1 is 1.00 bits per heavy atom. The minimum Gasteiger partial charge on any atom is -0.342 e. The monoisotopic (exact) mass is 442 g/mol. The summed E-state index contributed by atoms with van der Waals surface area (Å²) >= 11 is 0. The molecule has 0 spiro atoms. The van der Waals surface area contributed by atoms with E-state index in [0.29, 0.717) is 37.8 Å². The molecule has 2 atom stereocenters. The van der Waals surface area contributed by atoms with Crippen molar-refractivity contribution in [1.29, 1.82) is 0 Å². The van der Waals surface area contributed by atoms with Gasteiger partial charge in [0.2, 0.25) is 5.91 Å². The molecule has 0 aromatic heterocycles. The lowest BCUT2D eigenvalue weighted by Gasteiger charge is -2.36. The molecule has 0 N–H and O–H groups in total. The van der Waals surface area contributed by atoms with Crippen LogP contribution in [0.2, 0.25) is 0 Å². The van der Waals surface area contributed by atoms with E-state index in [0.717, 1.165) is 44.9 Å². The van der Waals surface area contributed by atoms with Crippen LogP contribution in [0.15, 0.2) is 28.6 Å². The zero-order valence-electron chi connectivity index (χ0n) is 18.5. The molecule has 1 aliphatic heterocycles.